The molecule has 1 atom stereocenters. The van der Waals surface area contributed by atoms with E-state index in [9.17, 15) is 4.79 Å². The zero-order valence-electron chi connectivity index (χ0n) is 10.3. The molecule has 2 aromatic rings. The van der Waals surface area contributed by atoms with Crippen molar-refractivity contribution < 1.29 is 4.79 Å². The fourth-order valence-electron chi connectivity index (χ4n) is 2.44. The van der Waals surface area contributed by atoms with Crippen LogP contribution in [0.1, 0.15) is 35.1 Å². The maximum Gasteiger partial charge on any atom is 0.291 e. The number of nitrogens with two attached hydrogens (primary N) is 1. The minimum absolute atomic E-state index is 0.0486. The van der Waals surface area contributed by atoms with Gasteiger partial charge in [0, 0.05) is 18.9 Å². The highest BCUT2D eigenvalue weighted by atomic mass is 16.2. The van der Waals surface area contributed by atoms with Crippen molar-refractivity contribution in [1.29, 1.82) is 0 Å². The third-order valence-corrected chi connectivity index (χ3v) is 3.29. The van der Waals surface area contributed by atoms with E-state index in [0.717, 1.165) is 18.4 Å². The number of anilines is 1. The molecule has 0 spiro atoms. The maximum atomic E-state index is 12.4. The summed E-state index contributed by atoms with van der Waals surface area (Å²) in [6.45, 7) is 0.707. The smallest absolute Gasteiger partial charge is 0.291 e. The Kier molecular flexibility index (Phi) is 2.86. The molecule has 0 aromatic carbocycles. The molecule has 1 saturated heterocycles. The molecule has 0 saturated carbocycles. The van der Waals surface area contributed by atoms with Gasteiger partial charge in [0.2, 0.25) is 11.8 Å². The van der Waals surface area contributed by atoms with Gasteiger partial charge in [0.25, 0.3) is 5.91 Å². The van der Waals surface area contributed by atoms with Crippen LogP contribution in [0.25, 0.3) is 0 Å². The molecule has 7 heteroatoms. The number of nitrogen functional groups attached to an aromatic ring is 1. The molecule has 3 rings (SSSR count). The van der Waals surface area contributed by atoms with E-state index in [-0.39, 0.29) is 23.7 Å². The van der Waals surface area contributed by atoms with Gasteiger partial charge in [-0.15, -0.1) is 5.10 Å². The molecule has 2 aromatic heterocycles. The molecule has 0 radical (unpaired) electrons. The van der Waals surface area contributed by atoms with Crippen LogP contribution in [0.5, 0.6) is 0 Å². The number of nitrogens with one attached hydrogen (secondary N) is 1. The lowest BCUT2D eigenvalue weighted by Crippen LogP contribution is -2.31. The number of amides is 1. The molecule has 1 amide bonds. The van der Waals surface area contributed by atoms with Gasteiger partial charge in [-0.2, -0.15) is 4.98 Å². The van der Waals surface area contributed by atoms with E-state index in [0.29, 0.717) is 6.54 Å². The van der Waals surface area contributed by atoms with Crippen molar-refractivity contribution in [2.45, 2.75) is 18.9 Å². The van der Waals surface area contributed by atoms with E-state index in [1.807, 2.05) is 12.1 Å². The van der Waals surface area contributed by atoms with Crippen LogP contribution in [0.2, 0.25) is 0 Å². The zero-order valence-corrected chi connectivity index (χ0v) is 10.3. The number of aromatic amines is 1. The maximum absolute atomic E-state index is 12.4. The van der Waals surface area contributed by atoms with Crippen LogP contribution in [0.3, 0.4) is 0 Å². The molecule has 98 valence electrons. The van der Waals surface area contributed by atoms with Gasteiger partial charge in [-0.05, 0) is 24.5 Å². The molecular formula is C12H14N6O. The normalized spacial score (nSPS) is 18.7. The molecule has 7 nitrogen and oxygen atoms in total. The van der Waals surface area contributed by atoms with E-state index in [4.69, 9.17) is 5.73 Å². The fraction of sp³-hybridized carbons (Fsp3) is 0.333. The summed E-state index contributed by atoms with van der Waals surface area (Å²) in [5.41, 5.74) is 6.47. The second kappa shape index (κ2) is 4.68. The van der Waals surface area contributed by atoms with Crippen molar-refractivity contribution in [3.8, 4) is 0 Å². The molecule has 1 aliphatic rings. The Hall–Kier alpha value is -2.44. The van der Waals surface area contributed by atoms with Crippen molar-refractivity contribution in [2.75, 3.05) is 12.3 Å². The van der Waals surface area contributed by atoms with Crippen LogP contribution in [0.4, 0.5) is 5.95 Å². The van der Waals surface area contributed by atoms with Crippen LogP contribution in [-0.2, 0) is 0 Å². The average Bonchev–Trinajstić information content (AvgIpc) is 3.07. The van der Waals surface area contributed by atoms with Gasteiger partial charge in [0.05, 0.1) is 6.04 Å². The Bertz CT molecular complexity index is 581. The lowest BCUT2D eigenvalue weighted by molar-refractivity contribution is 0.0723. The van der Waals surface area contributed by atoms with Gasteiger partial charge in [0.1, 0.15) is 0 Å². The highest BCUT2D eigenvalue weighted by Gasteiger charge is 2.32. The summed E-state index contributed by atoms with van der Waals surface area (Å²) < 4.78 is 0. The topological polar surface area (TPSA) is 101 Å². The number of likely N-dealkylation sites (tertiary alicyclic amines) is 1. The number of pyridine rings is 1. The largest absolute Gasteiger partial charge is 0.366 e. The first-order chi connectivity index (χ1) is 9.25. The summed E-state index contributed by atoms with van der Waals surface area (Å²) in [5.74, 6) is 0.101. The summed E-state index contributed by atoms with van der Waals surface area (Å²) in [5, 5.41) is 6.25. The van der Waals surface area contributed by atoms with E-state index < -0.39 is 0 Å². The van der Waals surface area contributed by atoms with Crippen molar-refractivity contribution in [1.82, 2.24) is 25.1 Å². The first kappa shape index (κ1) is 11.6. The molecule has 3 heterocycles. The number of carbonyl (C=O) groups excluding carboxylic acids is 1. The van der Waals surface area contributed by atoms with Gasteiger partial charge in [0.15, 0.2) is 0 Å². The minimum atomic E-state index is -0.171. The van der Waals surface area contributed by atoms with Gasteiger partial charge in [-0.3, -0.25) is 14.9 Å². The van der Waals surface area contributed by atoms with Crippen molar-refractivity contribution in [2.24, 2.45) is 0 Å². The summed E-state index contributed by atoms with van der Waals surface area (Å²) >= 11 is 0. The summed E-state index contributed by atoms with van der Waals surface area (Å²) in [6.07, 6.45) is 5.42. The standard InChI is InChI=1S/C12H14N6O/c13-12-15-10(16-17-12)11(19)18-6-2-4-9(18)8-3-1-5-14-7-8/h1,3,5,7,9H,2,4,6H2,(H3,13,15,16,17). The average molecular weight is 258 g/mol. The number of H-pyrrole nitrogens is 1. The predicted molar refractivity (Wildman–Crippen MR) is 68.0 cm³/mol. The third-order valence-electron chi connectivity index (χ3n) is 3.29. The van der Waals surface area contributed by atoms with Crippen LogP contribution < -0.4 is 5.73 Å². The number of rotatable bonds is 2. The van der Waals surface area contributed by atoms with Gasteiger partial charge in [-0.25, -0.2) is 0 Å². The Morgan fingerprint density at radius 1 is 1.53 bits per heavy atom. The predicted octanol–water partition coefficient (Wildman–Crippen LogP) is 0.759. The second-order valence-electron chi connectivity index (χ2n) is 4.49. The molecule has 19 heavy (non-hydrogen) atoms. The Labute approximate surface area is 109 Å². The number of nitrogens with zero attached hydrogens (tertiary/aromatic N) is 4. The van der Waals surface area contributed by atoms with E-state index >= 15 is 0 Å². The van der Waals surface area contributed by atoms with Gasteiger partial charge >= 0.3 is 0 Å². The first-order valence-corrected chi connectivity index (χ1v) is 6.14. The lowest BCUT2D eigenvalue weighted by atomic mass is 10.1. The highest BCUT2D eigenvalue weighted by molar-refractivity contribution is 5.91. The van der Waals surface area contributed by atoms with Crippen LogP contribution >= 0.6 is 0 Å². The fourth-order valence-corrected chi connectivity index (χ4v) is 2.44. The van der Waals surface area contributed by atoms with Crippen molar-refractivity contribution in [3.63, 3.8) is 0 Å². The van der Waals surface area contributed by atoms with Crippen molar-refractivity contribution in [3.05, 3.63) is 35.9 Å². The first-order valence-electron chi connectivity index (χ1n) is 6.14. The third kappa shape index (κ3) is 2.14. The van der Waals surface area contributed by atoms with Crippen LogP contribution in [-0.4, -0.2) is 37.5 Å². The summed E-state index contributed by atoms with van der Waals surface area (Å²) in [4.78, 5) is 22.1. The van der Waals surface area contributed by atoms with Gasteiger partial charge < -0.3 is 10.6 Å². The molecule has 1 unspecified atom stereocenters. The minimum Gasteiger partial charge on any atom is -0.366 e. The lowest BCUT2D eigenvalue weighted by Gasteiger charge is -2.23. The Balaban J connectivity index is 1.86. The number of aromatic nitrogens is 4. The molecule has 0 bridgehead atoms. The monoisotopic (exact) mass is 258 g/mol. The van der Waals surface area contributed by atoms with Crippen LogP contribution in [0, 0.1) is 0 Å². The van der Waals surface area contributed by atoms with E-state index in [1.165, 1.54) is 0 Å². The quantitative estimate of drug-likeness (QED) is 0.828. The van der Waals surface area contributed by atoms with Crippen LogP contribution in [0.15, 0.2) is 24.5 Å². The van der Waals surface area contributed by atoms with Crippen molar-refractivity contribution >= 4 is 11.9 Å². The Morgan fingerprint density at radius 2 is 2.42 bits per heavy atom. The Morgan fingerprint density at radius 3 is 3.11 bits per heavy atom. The molecule has 3 N–H and O–H groups in total. The number of carbonyl (C=O) groups is 1. The zero-order chi connectivity index (χ0) is 13.2. The SMILES string of the molecule is Nc1n[nH]c(C(=O)N2CCCC2c2cccnc2)n1. The highest BCUT2D eigenvalue weighted by Crippen LogP contribution is 2.32. The van der Waals surface area contributed by atoms with Gasteiger partial charge in [-0.1, -0.05) is 6.07 Å². The number of hydrogen-bond donors (Lipinski definition) is 2. The molecular weight excluding hydrogens is 244 g/mol. The second-order valence-corrected chi connectivity index (χ2v) is 4.49. The van der Waals surface area contributed by atoms with E-state index in [1.54, 1.807) is 17.3 Å². The number of hydrogen-bond acceptors (Lipinski definition) is 5. The summed E-state index contributed by atoms with van der Waals surface area (Å²) in [6, 6.07) is 3.91. The summed E-state index contributed by atoms with van der Waals surface area (Å²) in [7, 11) is 0. The van der Waals surface area contributed by atoms with E-state index in [2.05, 4.69) is 20.2 Å². The molecule has 1 fully saturated rings. The molecule has 0 aliphatic carbocycles. The molecule has 1 aliphatic heterocycles.